The predicted octanol–water partition coefficient (Wildman–Crippen LogP) is 3.87. The number of rotatable bonds is 6. The largest absolute Gasteiger partial charge is 0.493 e. The minimum atomic E-state index is -0.199. The summed E-state index contributed by atoms with van der Waals surface area (Å²) in [4.78, 5) is 12.5. The van der Waals surface area contributed by atoms with Crippen molar-refractivity contribution in [2.75, 3.05) is 21.3 Å². The molecule has 0 heterocycles. The van der Waals surface area contributed by atoms with E-state index < -0.39 is 0 Å². The Balaban J connectivity index is 1.67. The third kappa shape index (κ3) is 3.12. The molecule has 0 amide bonds. The maximum atomic E-state index is 12.5. The summed E-state index contributed by atoms with van der Waals surface area (Å²) in [6, 6.07) is 3.60. The zero-order valence-electron chi connectivity index (χ0n) is 16.6. The molecule has 5 heteroatoms. The molecule has 4 rings (SSSR count). The quantitative estimate of drug-likeness (QED) is 0.719. The Morgan fingerprint density at radius 3 is 2.15 bits per heavy atom. The van der Waals surface area contributed by atoms with Crippen LogP contribution in [-0.2, 0) is 16.0 Å². The van der Waals surface area contributed by atoms with E-state index in [1.165, 1.54) is 6.42 Å². The molecule has 3 aliphatic rings. The van der Waals surface area contributed by atoms with Crippen LogP contribution in [0.5, 0.6) is 17.2 Å². The Bertz CT molecular complexity index is 656. The summed E-state index contributed by atoms with van der Waals surface area (Å²) in [7, 11) is 4.69. The van der Waals surface area contributed by atoms with Gasteiger partial charge in [-0.1, -0.05) is 20.8 Å². The van der Waals surface area contributed by atoms with E-state index in [0.29, 0.717) is 40.4 Å². The second kappa shape index (κ2) is 7.01. The Kier molecular flexibility index (Phi) is 5.09. The first kappa shape index (κ1) is 18.9. The van der Waals surface area contributed by atoms with Crippen molar-refractivity contribution in [2.45, 2.75) is 46.1 Å². The highest BCUT2D eigenvalue weighted by atomic mass is 16.5. The first-order valence-electron chi connectivity index (χ1n) is 9.30. The summed E-state index contributed by atoms with van der Waals surface area (Å²) in [5, 5.41) is 0. The van der Waals surface area contributed by atoms with Crippen LogP contribution in [0.4, 0.5) is 0 Å². The molecular weight excluding hydrogens is 332 g/mol. The van der Waals surface area contributed by atoms with Gasteiger partial charge in [0.1, 0.15) is 6.10 Å². The van der Waals surface area contributed by atoms with Crippen LogP contribution in [0.25, 0.3) is 0 Å². The zero-order valence-corrected chi connectivity index (χ0v) is 16.6. The van der Waals surface area contributed by atoms with E-state index in [-0.39, 0.29) is 18.5 Å². The predicted molar refractivity (Wildman–Crippen MR) is 98.8 cm³/mol. The van der Waals surface area contributed by atoms with Crippen LogP contribution in [0.15, 0.2) is 12.1 Å². The number of hydrogen-bond acceptors (Lipinski definition) is 5. The van der Waals surface area contributed by atoms with Crippen LogP contribution in [0.1, 0.15) is 39.2 Å². The number of fused-ring (bicyclic) bond motifs is 2. The molecule has 4 atom stereocenters. The van der Waals surface area contributed by atoms with Crippen LogP contribution in [-0.4, -0.2) is 33.4 Å². The Morgan fingerprint density at radius 2 is 1.69 bits per heavy atom. The van der Waals surface area contributed by atoms with Gasteiger partial charge in [0.25, 0.3) is 0 Å². The molecule has 1 aromatic rings. The van der Waals surface area contributed by atoms with Gasteiger partial charge in [0, 0.05) is 0 Å². The van der Waals surface area contributed by atoms with Crippen molar-refractivity contribution in [3.63, 3.8) is 0 Å². The van der Waals surface area contributed by atoms with Crippen LogP contribution in [0, 0.1) is 23.2 Å². The van der Waals surface area contributed by atoms with E-state index in [4.69, 9.17) is 18.9 Å². The van der Waals surface area contributed by atoms with Gasteiger partial charge in [-0.25, -0.2) is 0 Å². The number of ether oxygens (including phenoxy) is 4. The highest BCUT2D eigenvalue weighted by molar-refractivity contribution is 5.74. The molecule has 26 heavy (non-hydrogen) atoms. The molecule has 0 unspecified atom stereocenters. The summed E-state index contributed by atoms with van der Waals surface area (Å²) in [5.41, 5.74) is 1.18. The third-order valence-electron chi connectivity index (χ3n) is 6.64. The van der Waals surface area contributed by atoms with Crippen molar-refractivity contribution < 1.29 is 23.7 Å². The third-order valence-corrected chi connectivity index (χ3v) is 6.64. The van der Waals surface area contributed by atoms with Crippen LogP contribution < -0.4 is 14.2 Å². The number of hydrogen-bond donors (Lipinski definition) is 0. The molecule has 1 aromatic carbocycles. The fraction of sp³-hybridized carbons (Fsp3) is 0.667. The molecule has 0 saturated heterocycles. The normalized spacial score (nSPS) is 28.7. The van der Waals surface area contributed by atoms with Gasteiger partial charge >= 0.3 is 5.97 Å². The molecule has 0 N–H and O–H groups in total. The number of benzene rings is 1. The number of carbonyl (C=O) groups excluding carboxylic acids is 1. The minimum absolute atomic E-state index is 0.0290. The second-order valence-corrected chi connectivity index (χ2v) is 8.19. The smallest absolute Gasteiger partial charge is 0.310 e. The highest BCUT2D eigenvalue weighted by Gasteiger charge is 2.57. The molecule has 0 spiro atoms. The fourth-order valence-corrected chi connectivity index (χ4v) is 4.87. The standard InChI is InChI=1S/C21H30O5/c1-12-15-10-14(21(15,2)3)11-16(12)26-19(22)9-13-7-17(23-4)20(25-6)18(8-13)24-5/h7-8,12,14-16H,9-11H2,1-6H3/t12-,14+,15-,16-/m0/s1. The lowest BCUT2D eigenvalue weighted by Crippen LogP contribution is -2.57. The molecule has 3 fully saturated rings. The van der Waals surface area contributed by atoms with Crippen molar-refractivity contribution in [3.05, 3.63) is 17.7 Å². The van der Waals surface area contributed by atoms with Gasteiger partial charge in [0.15, 0.2) is 11.5 Å². The molecule has 0 aliphatic heterocycles. The summed E-state index contributed by atoms with van der Waals surface area (Å²) >= 11 is 0. The number of carbonyl (C=O) groups is 1. The molecular formula is C21H30O5. The van der Waals surface area contributed by atoms with E-state index in [0.717, 1.165) is 12.0 Å². The molecule has 3 aliphatic carbocycles. The van der Waals surface area contributed by atoms with E-state index in [1.807, 2.05) is 0 Å². The average Bonchev–Trinajstić information content (AvgIpc) is 2.61. The van der Waals surface area contributed by atoms with Crippen LogP contribution in [0.2, 0.25) is 0 Å². The topological polar surface area (TPSA) is 54.0 Å². The van der Waals surface area contributed by atoms with E-state index >= 15 is 0 Å². The van der Waals surface area contributed by atoms with Crippen molar-refractivity contribution in [3.8, 4) is 17.2 Å². The molecule has 0 aromatic heterocycles. The summed E-state index contributed by atoms with van der Waals surface area (Å²) in [5.74, 6) is 3.15. The molecule has 144 valence electrons. The van der Waals surface area contributed by atoms with Crippen LogP contribution in [0.3, 0.4) is 0 Å². The molecule has 3 saturated carbocycles. The molecule has 0 radical (unpaired) electrons. The number of methoxy groups -OCH3 is 3. The SMILES string of the molecule is COc1cc(CC(=O)O[C@H]2C[C@H]3C[C@@H]([C@@H]2C)C3(C)C)cc(OC)c1OC. The first-order valence-corrected chi connectivity index (χ1v) is 9.30. The minimum Gasteiger partial charge on any atom is -0.493 e. The van der Waals surface area contributed by atoms with Crippen molar-refractivity contribution >= 4 is 5.97 Å². The fourth-order valence-electron chi connectivity index (χ4n) is 4.87. The number of esters is 1. The van der Waals surface area contributed by atoms with Crippen molar-refractivity contribution in [1.82, 2.24) is 0 Å². The van der Waals surface area contributed by atoms with Gasteiger partial charge < -0.3 is 18.9 Å². The maximum absolute atomic E-state index is 12.5. The maximum Gasteiger partial charge on any atom is 0.310 e. The average molecular weight is 362 g/mol. The van der Waals surface area contributed by atoms with Gasteiger partial charge in [0.05, 0.1) is 27.8 Å². The van der Waals surface area contributed by atoms with E-state index in [2.05, 4.69) is 20.8 Å². The second-order valence-electron chi connectivity index (χ2n) is 8.19. The zero-order chi connectivity index (χ0) is 19.1. The van der Waals surface area contributed by atoms with Crippen molar-refractivity contribution in [2.24, 2.45) is 23.2 Å². The first-order chi connectivity index (χ1) is 12.3. The highest BCUT2D eigenvalue weighted by Crippen LogP contribution is 2.61. The Hall–Kier alpha value is -1.91. The Morgan fingerprint density at radius 1 is 1.08 bits per heavy atom. The van der Waals surface area contributed by atoms with Gasteiger partial charge in [0.2, 0.25) is 5.75 Å². The Labute approximate surface area is 156 Å². The van der Waals surface area contributed by atoms with Gasteiger partial charge in [-0.3, -0.25) is 4.79 Å². The van der Waals surface area contributed by atoms with Gasteiger partial charge in [-0.2, -0.15) is 0 Å². The summed E-state index contributed by atoms with van der Waals surface area (Å²) < 4.78 is 21.9. The lowest BCUT2D eigenvalue weighted by atomic mass is 9.45. The lowest BCUT2D eigenvalue weighted by Gasteiger charge is -2.61. The lowest BCUT2D eigenvalue weighted by molar-refractivity contribution is -0.185. The van der Waals surface area contributed by atoms with Gasteiger partial charge in [-0.05, 0) is 53.7 Å². The monoisotopic (exact) mass is 362 g/mol. The van der Waals surface area contributed by atoms with E-state index in [1.54, 1.807) is 33.5 Å². The molecule has 2 bridgehead atoms. The van der Waals surface area contributed by atoms with Crippen molar-refractivity contribution in [1.29, 1.82) is 0 Å². The molecule has 5 nitrogen and oxygen atoms in total. The summed E-state index contributed by atoms with van der Waals surface area (Å²) in [6.07, 6.45) is 2.47. The van der Waals surface area contributed by atoms with Gasteiger partial charge in [-0.15, -0.1) is 0 Å². The van der Waals surface area contributed by atoms with Crippen LogP contribution >= 0.6 is 0 Å². The van der Waals surface area contributed by atoms with E-state index in [9.17, 15) is 4.79 Å². The summed E-state index contributed by atoms with van der Waals surface area (Å²) in [6.45, 7) is 6.91.